The number of carbonyl (C=O) groups excluding carboxylic acids is 1. The fraction of sp³-hybridized carbons (Fsp3) is 0.517. The summed E-state index contributed by atoms with van der Waals surface area (Å²) in [6.45, 7) is 14.5. The summed E-state index contributed by atoms with van der Waals surface area (Å²) in [5.74, 6) is -1.14. The molecule has 4 rings (SSSR count). The number of carboxylic acid groups (broad SMARTS) is 1. The van der Waals surface area contributed by atoms with Gasteiger partial charge in [0.05, 0.1) is 17.5 Å². The van der Waals surface area contributed by atoms with Crippen LogP contribution in [0.15, 0.2) is 30.3 Å². The van der Waals surface area contributed by atoms with Crippen LogP contribution in [0.5, 0.6) is 0 Å². The van der Waals surface area contributed by atoms with Crippen molar-refractivity contribution in [2.75, 3.05) is 26.7 Å². The van der Waals surface area contributed by atoms with E-state index in [2.05, 4.69) is 48.1 Å². The fourth-order valence-electron chi connectivity index (χ4n) is 5.82. The van der Waals surface area contributed by atoms with Gasteiger partial charge in [0.15, 0.2) is 0 Å². The first-order valence-electron chi connectivity index (χ1n) is 12.8. The van der Waals surface area contributed by atoms with Gasteiger partial charge in [-0.05, 0) is 67.0 Å². The highest BCUT2D eigenvalue weighted by molar-refractivity contribution is 5.82. The van der Waals surface area contributed by atoms with Gasteiger partial charge < -0.3 is 10.0 Å². The number of benzene rings is 2. The molecule has 1 aliphatic rings. The minimum atomic E-state index is -1.07. The van der Waals surface area contributed by atoms with Gasteiger partial charge in [-0.15, -0.1) is 5.10 Å². The molecule has 0 bridgehead atoms. The number of hydrogen-bond donors (Lipinski definition) is 1. The molecule has 1 atom stereocenters. The highest BCUT2D eigenvalue weighted by Crippen LogP contribution is 2.44. The van der Waals surface area contributed by atoms with Gasteiger partial charge in [0, 0.05) is 39.6 Å². The third-order valence-corrected chi connectivity index (χ3v) is 7.86. The smallest absolute Gasteiger partial charge is 0.310 e. The van der Waals surface area contributed by atoms with Crippen molar-refractivity contribution in [1.82, 2.24) is 24.8 Å². The maximum atomic E-state index is 12.7. The molecule has 0 unspecified atom stereocenters. The Balaban J connectivity index is 1.79. The predicted octanol–water partition coefficient (Wildman–Crippen LogP) is 4.13. The lowest BCUT2D eigenvalue weighted by Gasteiger charge is -2.33. The summed E-state index contributed by atoms with van der Waals surface area (Å²) in [4.78, 5) is 29.3. The van der Waals surface area contributed by atoms with Crippen LogP contribution in [0.3, 0.4) is 0 Å². The minimum Gasteiger partial charge on any atom is -0.481 e. The summed E-state index contributed by atoms with van der Waals surface area (Å²) >= 11 is 0. The Bertz CT molecular complexity index is 1360. The number of amides is 1. The van der Waals surface area contributed by atoms with Crippen molar-refractivity contribution in [2.45, 2.75) is 54.0 Å². The van der Waals surface area contributed by atoms with Crippen molar-refractivity contribution in [3.8, 4) is 0 Å². The lowest BCUT2D eigenvalue weighted by atomic mass is 9.69. The number of carboxylic acids is 1. The van der Waals surface area contributed by atoms with Crippen LogP contribution in [0.4, 0.5) is 0 Å². The Kier molecular flexibility index (Phi) is 6.92. The molecule has 1 aromatic heterocycles. The Morgan fingerprint density at radius 3 is 2.51 bits per heavy atom. The average Bonchev–Trinajstić information content (AvgIpc) is 3.13. The van der Waals surface area contributed by atoms with E-state index in [0.29, 0.717) is 13.1 Å². The van der Waals surface area contributed by atoms with Crippen molar-refractivity contribution >= 4 is 22.9 Å². The molecule has 3 aromatic rings. The number of likely N-dealkylation sites (N-methyl/N-ethyl adjacent to an activating group) is 1. The largest absolute Gasteiger partial charge is 0.481 e. The molecule has 8 nitrogen and oxygen atoms in total. The Labute approximate surface area is 219 Å². The molecule has 1 fully saturated rings. The molecule has 0 aliphatic carbocycles. The van der Waals surface area contributed by atoms with E-state index >= 15 is 0 Å². The molecule has 2 heterocycles. The number of aliphatic carboxylic acids is 1. The van der Waals surface area contributed by atoms with Crippen molar-refractivity contribution in [2.24, 2.45) is 17.9 Å². The molecule has 198 valence electrons. The number of fused-ring (bicyclic) bond motifs is 1. The molecule has 37 heavy (non-hydrogen) atoms. The van der Waals surface area contributed by atoms with Crippen molar-refractivity contribution in [3.05, 3.63) is 58.1 Å². The minimum absolute atomic E-state index is 0.0243. The van der Waals surface area contributed by atoms with E-state index in [-0.39, 0.29) is 11.3 Å². The van der Waals surface area contributed by atoms with Crippen LogP contribution in [0.25, 0.3) is 11.0 Å². The third-order valence-electron chi connectivity index (χ3n) is 7.86. The van der Waals surface area contributed by atoms with Crippen LogP contribution < -0.4 is 0 Å². The maximum absolute atomic E-state index is 12.7. The summed E-state index contributed by atoms with van der Waals surface area (Å²) < 4.78 is 1.73. The van der Waals surface area contributed by atoms with E-state index in [1.807, 2.05) is 44.1 Å². The van der Waals surface area contributed by atoms with Crippen LogP contribution in [0, 0.1) is 24.7 Å². The fourth-order valence-corrected chi connectivity index (χ4v) is 5.82. The van der Waals surface area contributed by atoms with E-state index < -0.39 is 17.3 Å². The molecule has 1 N–H and O–H groups in total. The number of rotatable bonds is 6. The normalized spacial score (nSPS) is 17.7. The molecule has 1 saturated heterocycles. The second kappa shape index (κ2) is 9.56. The van der Waals surface area contributed by atoms with Gasteiger partial charge >= 0.3 is 5.97 Å². The maximum Gasteiger partial charge on any atom is 0.310 e. The summed E-state index contributed by atoms with van der Waals surface area (Å²) in [6, 6.07) is 10.2. The van der Waals surface area contributed by atoms with Gasteiger partial charge in [-0.3, -0.25) is 14.5 Å². The van der Waals surface area contributed by atoms with Crippen molar-refractivity contribution in [1.29, 1.82) is 0 Å². The van der Waals surface area contributed by atoms with Gasteiger partial charge in [-0.25, -0.2) is 4.68 Å². The van der Waals surface area contributed by atoms with Crippen molar-refractivity contribution in [3.63, 3.8) is 0 Å². The summed E-state index contributed by atoms with van der Waals surface area (Å²) in [7, 11) is 3.72. The SMILES string of the molecule is Cc1ccc([C@@H](c2ccc3c(nnn3C)c2C)C(C)(C)C(=O)O)cc1CN1CC(=O)N(C)CC(C)(C)C1. The van der Waals surface area contributed by atoms with Crippen LogP contribution >= 0.6 is 0 Å². The van der Waals surface area contributed by atoms with Gasteiger partial charge in [-0.1, -0.05) is 43.3 Å². The Morgan fingerprint density at radius 1 is 1.14 bits per heavy atom. The zero-order valence-corrected chi connectivity index (χ0v) is 23.3. The van der Waals surface area contributed by atoms with Gasteiger partial charge in [0.1, 0.15) is 5.52 Å². The second-order valence-corrected chi connectivity index (χ2v) is 12.1. The molecule has 8 heteroatoms. The first-order valence-corrected chi connectivity index (χ1v) is 12.8. The van der Waals surface area contributed by atoms with Gasteiger partial charge in [0.25, 0.3) is 0 Å². The monoisotopic (exact) mass is 505 g/mol. The lowest BCUT2D eigenvalue weighted by molar-refractivity contribution is -0.147. The van der Waals surface area contributed by atoms with Crippen LogP contribution in [0.2, 0.25) is 0 Å². The number of hydrogen-bond acceptors (Lipinski definition) is 5. The second-order valence-electron chi connectivity index (χ2n) is 12.1. The van der Waals surface area contributed by atoms with E-state index in [9.17, 15) is 14.7 Å². The van der Waals surface area contributed by atoms with Crippen LogP contribution in [0.1, 0.15) is 61.4 Å². The quantitative estimate of drug-likeness (QED) is 0.542. The van der Waals surface area contributed by atoms with Gasteiger partial charge in [0.2, 0.25) is 5.91 Å². The molecule has 1 amide bonds. The zero-order chi connectivity index (χ0) is 27.3. The number of aromatic nitrogens is 3. The lowest BCUT2D eigenvalue weighted by Crippen LogP contribution is -2.35. The predicted molar refractivity (Wildman–Crippen MR) is 144 cm³/mol. The highest BCUT2D eigenvalue weighted by atomic mass is 16.4. The Hall–Kier alpha value is -3.26. The highest BCUT2D eigenvalue weighted by Gasteiger charge is 2.40. The number of aryl methyl sites for hydroxylation is 3. The summed E-state index contributed by atoms with van der Waals surface area (Å²) in [5.41, 5.74) is 5.65. The Morgan fingerprint density at radius 2 is 1.84 bits per heavy atom. The third kappa shape index (κ3) is 5.12. The molecular formula is C29H39N5O3. The molecular weight excluding hydrogens is 466 g/mol. The molecule has 1 aliphatic heterocycles. The first-order chi connectivity index (χ1) is 17.2. The van der Waals surface area contributed by atoms with E-state index in [1.165, 1.54) is 0 Å². The summed E-state index contributed by atoms with van der Waals surface area (Å²) in [6.07, 6.45) is 0. The molecule has 0 radical (unpaired) electrons. The summed E-state index contributed by atoms with van der Waals surface area (Å²) in [5, 5.41) is 18.8. The molecule has 0 saturated carbocycles. The zero-order valence-electron chi connectivity index (χ0n) is 23.3. The molecule has 2 aromatic carbocycles. The van der Waals surface area contributed by atoms with E-state index in [0.717, 1.165) is 51.9 Å². The topological polar surface area (TPSA) is 91.6 Å². The number of nitrogens with zero attached hydrogens (tertiary/aromatic N) is 5. The van der Waals surface area contributed by atoms with Crippen LogP contribution in [-0.4, -0.2) is 68.5 Å². The van der Waals surface area contributed by atoms with E-state index in [4.69, 9.17) is 0 Å². The standard InChI is InChI=1S/C29H39N5O3/c1-18-9-10-20(13-21(18)14-34-15-24(35)32(7)16-28(3,4)17-34)25(29(5,6)27(36)37)22-11-12-23-26(19(22)2)30-31-33(23)8/h9-13,25H,14-17H2,1-8H3,(H,36,37)/t25-/m0/s1. The van der Waals surface area contributed by atoms with Gasteiger partial charge in [-0.2, -0.15) is 0 Å². The van der Waals surface area contributed by atoms with E-state index in [1.54, 1.807) is 18.5 Å². The average molecular weight is 506 g/mol. The van der Waals surface area contributed by atoms with Crippen molar-refractivity contribution < 1.29 is 14.7 Å². The number of carbonyl (C=O) groups is 2. The first kappa shape index (κ1) is 26.8. The molecule has 0 spiro atoms. The van der Waals surface area contributed by atoms with Crippen LogP contribution in [-0.2, 0) is 23.2 Å².